The Morgan fingerprint density at radius 2 is 1.96 bits per heavy atom. The Morgan fingerprint density at radius 3 is 2.70 bits per heavy atom. The van der Waals surface area contributed by atoms with Crippen LogP contribution in [0.3, 0.4) is 0 Å². The van der Waals surface area contributed by atoms with Gasteiger partial charge < -0.3 is 4.74 Å². The van der Waals surface area contributed by atoms with Crippen LogP contribution < -0.4 is 10.3 Å². The molecule has 0 spiro atoms. The van der Waals surface area contributed by atoms with Crippen LogP contribution >= 0.6 is 0 Å². The lowest BCUT2D eigenvalue weighted by Crippen LogP contribution is -2.32. The quantitative estimate of drug-likeness (QED) is 0.698. The lowest BCUT2D eigenvalue weighted by molar-refractivity contribution is 0.231. The van der Waals surface area contributed by atoms with Crippen LogP contribution in [0.5, 0.6) is 5.88 Å². The Kier molecular flexibility index (Phi) is 4.81. The van der Waals surface area contributed by atoms with Crippen molar-refractivity contribution >= 4 is 0 Å². The molecule has 0 amide bonds. The molecule has 1 aliphatic rings. The second-order valence-corrected chi connectivity index (χ2v) is 6.73. The van der Waals surface area contributed by atoms with Crippen LogP contribution in [0.25, 0.3) is 5.69 Å². The summed E-state index contributed by atoms with van der Waals surface area (Å²) in [4.78, 5) is 19.7. The third-order valence-electron chi connectivity index (χ3n) is 5.14. The fourth-order valence-electron chi connectivity index (χ4n) is 3.89. The minimum absolute atomic E-state index is 0.108. The van der Waals surface area contributed by atoms with E-state index in [0.29, 0.717) is 5.88 Å². The van der Waals surface area contributed by atoms with E-state index in [4.69, 9.17) is 4.74 Å². The number of benzene rings is 1. The predicted octanol–water partition coefficient (Wildman–Crippen LogP) is 2.62. The normalized spacial score (nSPS) is 14.1. The van der Waals surface area contributed by atoms with Crippen molar-refractivity contribution in [2.75, 3.05) is 13.7 Å². The van der Waals surface area contributed by atoms with Crippen LogP contribution in [0.4, 0.5) is 0 Å². The summed E-state index contributed by atoms with van der Waals surface area (Å²) in [6.07, 6.45) is 2.50. The van der Waals surface area contributed by atoms with E-state index >= 15 is 0 Å². The van der Waals surface area contributed by atoms with Gasteiger partial charge in [-0.25, -0.2) is 9.67 Å². The lowest BCUT2D eigenvalue weighted by atomic mass is 10.1. The summed E-state index contributed by atoms with van der Waals surface area (Å²) in [5.74, 6) is 0.665. The zero-order valence-corrected chi connectivity index (χ0v) is 15.8. The summed E-state index contributed by atoms with van der Waals surface area (Å²) in [7, 11) is 1.65. The maximum atomic E-state index is 13.1. The zero-order chi connectivity index (χ0) is 18.8. The molecule has 0 saturated carbocycles. The summed E-state index contributed by atoms with van der Waals surface area (Å²) in [5.41, 5.74) is 4.14. The van der Waals surface area contributed by atoms with Crippen LogP contribution in [-0.4, -0.2) is 32.9 Å². The molecule has 0 radical (unpaired) electrons. The van der Waals surface area contributed by atoms with Gasteiger partial charge in [0.2, 0.25) is 5.88 Å². The number of methoxy groups -OCH3 is 1. The van der Waals surface area contributed by atoms with Crippen LogP contribution in [0.2, 0.25) is 0 Å². The van der Waals surface area contributed by atoms with Crippen LogP contribution in [-0.2, 0) is 26.1 Å². The molecule has 27 heavy (non-hydrogen) atoms. The SMILES string of the molecule is CCn1c2c(c(=O)n1-c1ccccc1)CCN(Cc1cccnc1OC)C2. The van der Waals surface area contributed by atoms with Crippen molar-refractivity contribution in [3.05, 3.63) is 75.8 Å². The van der Waals surface area contributed by atoms with Crippen molar-refractivity contribution in [1.82, 2.24) is 19.2 Å². The Bertz CT molecular complexity index is 991. The molecule has 3 aromatic rings. The lowest BCUT2D eigenvalue weighted by Gasteiger charge is -2.27. The molecule has 0 unspecified atom stereocenters. The molecule has 0 saturated heterocycles. The fourth-order valence-corrected chi connectivity index (χ4v) is 3.89. The van der Waals surface area contributed by atoms with Gasteiger partial charge in [-0.3, -0.25) is 14.4 Å². The Balaban J connectivity index is 1.68. The van der Waals surface area contributed by atoms with E-state index in [9.17, 15) is 4.79 Å². The molecule has 0 N–H and O–H groups in total. The van der Waals surface area contributed by atoms with E-state index in [1.165, 1.54) is 0 Å². The van der Waals surface area contributed by atoms with E-state index in [1.807, 2.05) is 47.1 Å². The maximum absolute atomic E-state index is 13.1. The van der Waals surface area contributed by atoms with Crippen molar-refractivity contribution in [3.63, 3.8) is 0 Å². The first-order valence-electron chi connectivity index (χ1n) is 9.32. The number of ether oxygens (including phenoxy) is 1. The molecule has 4 rings (SSSR count). The van der Waals surface area contributed by atoms with Crippen molar-refractivity contribution in [1.29, 1.82) is 0 Å². The van der Waals surface area contributed by atoms with E-state index in [-0.39, 0.29) is 5.56 Å². The van der Waals surface area contributed by atoms with Crippen molar-refractivity contribution in [2.24, 2.45) is 0 Å². The molecule has 0 aliphatic carbocycles. The molecular formula is C21H24N4O2. The van der Waals surface area contributed by atoms with Gasteiger partial charge in [0.15, 0.2) is 0 Å². The van der Waals surface area contributed by atoms with Gasteiger partial charge in [0.05, 0.1) is 18.5 Å². The van der Waals surface area contributed by atoms with Gasteiger partial charge in [0, 0.05) is 43.5 Å². The molecule has 0 fully saturated rings. The largest absolute Gasteiger partial charge is 0.481 e. The number of rotatable bonds is 5. The van der Waals surface area contributed by atoms with Gasteiger partial charge in [-0.2, -0.15) is 0 Å². The number of fused-ring (bicyclic) bond motifs is 1. The number of hydrogen-bond acceptors (Lipinski definition) is 4. The van der Waals surface area contributed by atoms with E-state index < -0.39 is 0 Å². The van der Waals surface area contributed by atoms with Crippen LogP contribution in [0.15, 0.2) is 53.5 Å². The number of nitrogens with zero attached hydrogens (tertiary/aromatic N) is 4. The van der Waals surface area contributed by atoms with Gasteiger partial charge in [0.25, 0.3) is 5.56 Å². The Labute approximate surface area is 158 Å². The highest BCUT2D eigenvalue weighted by atomic mass is 16.5. The third-order valence-corrected chi connectivity index (χ3v) is 5.14. The standard InChI is InChI=1S/C21H24N4O2/c1-3-24-19-15-23(14-16-8-7-12-22-20(16)27-2)13-11-18(19)21(26)25(24)17-9-5-4-6-10-17/h4-10,12H,3,11,13-15H2,1-2H3. The Morgan fingerprint density at radius 1 is 1.15 bits per heavy atom. The highest BCUT2D eigenvalue weighted by molar-refractivity contribution is 5.35. The first kappa shape index (κ1) is 17.5. The van der Waals surface area contributed by atoms with Crippen molar-refractivity contribution in [2.45, 2.75) is 33.0 Å². The monoisotopic (exact) mass is 364 g/mol. The highest BCUT2D eigenvalue weighted by Crippen LogP contribution is 2.23. The molecule has 6 heteroatoms. The number of pyridine rings is 1. The average Bonchev–Trinajstić information content (AvgIpc) is 3.00. The van der Waals surface area contributed by atoms with Crippen LogP contribution in [0.1, 0.15) is 23.7 Å². The molecule has 3 heterocycles. The summed E-state index contributed by atoms with van der Waals surface area (Å²) in [5, 5.41) is 0. The number of aromatic nitrogens is 3. The fraction of sp³-hybridized carbons (Fsp3) is 0.333. The molecule has 1 aliphatic heterocycles. The average molecular weight is 364 g/mol. The van der Waals surface area contributed by atoms with Gasteiger partial charge >= 0.3 is 0 Å². The first-order chi connectivity index (χ1) is 13.2. The summed E-state index contributed by atoms with van der Waals surface area (Å²) in [6.45, 7) is 5.19. The molecule has 140 valence electrons. The maximum Gasteiger partial charge on any atom is 0.274 e. The van der Waals surface area contributed by atoms with E-state index in [1.54, 1.807) is 13.3 Å². The molecular weight excluding hydrogens is 340 g/mol. The minimum atomic E-state index is 0.108. The minimum Gasteiger partial charge on any atom is -0.481 e. The molecule has 0 bridgehead atoms. The molecule has 6 nitrogen and oxygen atoms in total. The summed E-state index contributed by atoms with van der Waals surface area (Å²) < 4.78 is 9.31. The second-order valence-electron chi connectivity index (χ2n) is 6.73. The Hall–Kier alpha value is -2.86. The summed E-state index contributed by atoms with van der Waals surface area (Å²) in [6, 6.07) is 13.8. The van der Waals surface area contributed by atoms with Gasteiger partial charge in [-0.05, 0) is 31.5 Å². The topological polar surface area (TPSA) is 52.3 Å². The molecule has 0 atom stereocenters. The highest BCUT2D eigenvalue weighted by Gasteiger charge is 2.26. The zero-order valence-electron chi connectivity index (χ0n) is 15.8. The molecule has 2 aromatic heterocycles. The van der Waals surface area contributed by atoms with Gasteiger partial charge in [-0.1, -0.05) is 24.3 Å². The predicted molar refractivity (Wildman–Crippen MR) is 104 cm³/mol. The van der Waals surface area contributed by atoms with Gasteiger partial charge in [0.1, 0.15) is 0 Å². The van der Waals surface area contributed by atoms with Crippen molar-refractivity contribution in [3.8, 4) is 11.6 Å². The van der Waals surface area contributed by atoms with E-state index in [0.717, 1.165) is 55.1 Å². The van der Waals surface area contributed by atoms with Crippen molar-refractivity contribution < 1.29 is 4.74 Å². The number of para-hydroxylation sites is 1. The molecule has 1 aromatic carbocycles. The first-order valence-corrected chi connectivity index (χ1v) is 9.32. The smallest absolute Gasteiger partial charge is 0.274 e. The summed E-state index contributed by atoms with van der Waals surface area (Å²) >= 11 is 0. The van der Waals surface area contributed by atoms with Crippen LogP contribution in [0, 0.1) is 0 Å². The third kappa shape index (κ3) is 3.17. The number of hydrogen-bond donors (Lipinski definition) is 0. The second kappa shape index (κ2) is 7.40. The van der Waals surface area contributed by atoms with E-state index in [2.05, 4.69) is 21.5 Å². The van der Waals surface area contributed by atoms with Gasteiger partial charge in [-0.15, -0.1) is 0 Å².